The molecule has 0 bridgehead atoms. The van der Waals surface area contributed by atoms with E-state index in [0.717, 1.165) is 10.1 Å². The van der Waals surface area contributed by atoms with Crippen molar-refractivity contribution in [1.82, 2.24) is 9.13 Å². The summed E-state index contributed by atoms with van der Waals surface area (Å²) in [6, 6.07) is 13.1. The van der Waals surface area contributed by atoms with Crippen molar-refractivity contribution in [3.63, 3.8) is 0 Å². The van der Waals surface area contributed by atoms with E-state index in [1.54, 1.807) is 48.7 Å². The molecular formula is C22H18FN3O3S. The number of benzene rings is 2. The minimum absolute atomic E-state index is 0.296. The number of carbonyl (C=O) groups is 1. The van der Waals surface area contributed by atoms with Gasteiger partial charge in [-0.25, -0.2) is 13.8 Å². The Morgan fingerprint density at radius 3 is 2.63 bits per heavy atom. The molecule has 2 aromatic carbocycles. The average molecular weight is 423 g/mol. The van der Waals surface area contributed by atoms with E-state index >= 15 is 0 Å². The van der Waals surface area contributed by atoms with Crippen LogP contribution in [0.5, 0.6) is 0 Å². The van der Waals surface area contributed by atoms with E-state index in [0.29, 0.717) is 27.2 Å². The van der Waals surface area contributed by atoms with Gasteiger partial charge in [-0.15, -0.1) is 11.3 Å². The highest BCUT2D eigenvalue weighted by Gasteiger charge is 2.18. The second kappa shape index (κ2) is 7.72. The molecule has 0 aliphatic carbocycles. The zero-order valence-corrected chi connectivity index (χ0v) is 17.1. The highest BCUT2D eigenvalue weighted by Crippen LogP contribution is 2.18. The van der Waals surface area contributed by atoms with Gasteiger partial charge >= 0.3 is 5.69 Å². The fourth-order valence-corrected chi connectivity index (χ4v) is 4.07. The van der Waals surface area contributed by atoms with E-state index in [9.17, 15) is 18.8 Å². The number of carbonyl (C=O) groups excluding carboxylic acids is 1. The molecule has 6 nitrogen and oxygen atoms in total. The number of hydrogen-bond donors (Lipinski definition) is 1. The first kappa shape index (κ1) is 19.8. The maximum absolute atomic E-state index is 13.8. The van der Waals surface area contributed by atoms with Gasteiger partial charge in [0.1, 0.15) is 17.1 Å². The van der Waals surface area contributed by atoms with Gasteiger partial charge in [0, 0.05) is 5.69 Å². The first-order valence-electron chi connectivity index (χ1n) is 9.21. The number of amides is 1. The van der Waals surface area contributed by atoms with Crippen LogP contribution in [0, 0.1) is 19.7 Å². The smallest absolute Gasteiger partial charge is 0.324 e. The lowest BCUT2D eigenvalue weighted by molar-refractivity contribution is -0.116. The van der Waals surface area contributed by atoms with E-state index in [1.165, 1.54) is 22.0 Å². The molecule has 0 spiro atoms. The van der Waals surface area contributed by atoms with Gasteiger partial charge in [0.25, 0.3) is 5.56 Å². The summed E-state index contributed by atoms with van der Waals surface area (Å²) in [7, 11) is 0. The Morgan fingerprint density at radius 2 is 1.90 bits per heavy atom. The van der Waals surface area contributed by atoms with Crippen molar-refractivity contribution >= 4 is 33.1 Å². The third-order valence-electron chi connectivity index (χ3n) is 4.77. The summed E-state index contributed by atoms with van der Waals surface area (Å²) in [5, 5.41) is 4.31. The molecule has 0 fully saturated rings. The summed E-state index contributed by atoms with van der Waals surface area (Å²) < 4.78 is 16.5. The van der Waals surface area contributed by atoms with Crippen LogP contribution in [0.3, 0.4) is 0 Å². The molecular weight excluding hydrogens is 405 g/mol. The molecule has 8 heteroatoms. The van der Waals surface area contributed by atoms with Crippen LogP contribution in [-0.4, -0.2) is 15.0 Å². The second-order valence-electron chi connectivity index (χ2n) is 7.00. The van der Waals surface area contributed by atoms with Gasteiger partial charge in [-0.3, -0.25) is 14.2 Å². The summed E-state index contributed by atoms with van der Waals surface area (Å²) in [5.41, 5.74) is 1.46. The first-order chi connectivity index (χ1) is 14.3. The van der Waals surface area contributed by atoms with Gasteiger partial charge in [-0.1, -0.05) is 18.2 Å². The zero-order valence-electron chi connectivity index (χ0n) is 16.3. The number of rotatable bonds is 4. The standard InChI is InChI=1S/C22H18FN3O3S/c1-13-4-3-5-16(10-13)26-21(28)20-18(8-9-30-20)25(22(26)29)12-19(27)24-15-7-6-14(2)17(23)11-15/h3-11H,12H2,1-2H3,(H,24,27). The molecule has 0 radical (unpaired) electrons. The van der Waals surface area contributed by atoms with Crippen LogP contribution >= 0.6 is 11.3 Å². The lowest BCUT2D eigenvalue weighted by Crippen LogP contribution is -2.40. The Morgan fingerprint density at radius 1 is 1.10 bits per heavy atom. The molecule has 1 N–H and O–H groups in total. The number of fused-ring (bicyclic) bond motifs is 1. The first-order valence-corrected chi connectivity index (χ1v) is 10.1. The largest absolute Gasteiger partial charge is 0.336 e. The van der Waals surface area contributed by atoms with Gasteiger partial charge in [-0.2, -0.15) is 0 Å². The molecule has 0 aliphatic heterocycles. The fraction of sp³-hybridized carbons (Fsp3) is 0.136. The number of halogens is 1. The molecule has 0 saturated carbocycles. The van der Waals surface area contributed by atoms with Gasteiger partial charge in [0.15, 0.2) is 0 Å². The number of nitrogens with one attached hydrogen (secondary N) is 1. The Hall–Kier alpha value is -3.52. The minimum atomic E-state index is -0.610. The molecule has 152 valence electrons. The fourth-order valence-electron chi connectivity index (χ4n) is 3.25. The van der Waals surface area contributed by atoms with E-state index in [2.05, 4.69) is 5.32 Å². The maximum atomic E-state index is 13.8. The summed E-state index contributed by atoms with van der Waals surface area (Å²) >= 11 is 1.21. The minimum Gasteiger partial charge on any atom is -0.324 e. The van der Waals surface area contributed by atoms with Crippen LogP contribution in [0.4, 0.5) is 10.1 Å². The van der Waals surface area contributed by atoms with Crippen LogP contribution in [0.15, 0.2) is 63.5 Å². The van der Waals surface area contributed by atoms with Crippen LogP contribution in [-0.2, 0) is 11.3 Å². The molecule has 0 atom stereocenters. The molecule has 0 saturated heterocycles. The average Bonchev–Trinajstić information content (AvgIpc) is 3.18. The van der Waals surface area contributed by atoms with Crippen LogP contribution < -0.4 is 16.6 Å². The van der Waals surface area contributed by atoms with Crippen LogP contribution in [0.2, 0.25) is 0 Å². The van der Waals surface area contributed by atoms with Gasteiger partial charge in [-0.05, 0) is 60.7 Å². The van der Waals surface area contributed by atoms with Crippen LogP contribution in [0.1, 0.15) is 11.1 Å². The van der Waals surface area contributed by atoms with Crippen molar-refractivity contribution in [2.45, 2.75) is 20.4 Å². The Kier molecular flexibility index (Phi) is 5.09. The van der Waals surface area contributed by atoms with E-state index in [1.807, 2.05) is 13.0 Å². The Balaban J connectivity index is 1.78. The van der Waals surface area contributed by atoms with E-state index in [-0.39, 0.29) is 6.54 Å². The Bertz CT molecular complexity index is 1400. The normalized spacial score (nSPS) is 11.0. The second-order valence-corrected chi connectivity index (χ2v) is 7.91. The molecule has 4 rings (SSSR count). The van der Waals surface area contributed by atoms with Crippen LogP contribution in [0.25, 0.3) is 15.9 Å². The van der Waals surface area contributed by atoms with Crippen molar-refractivity contribution in [2.24, 2.45) is 0 Å². The third kappa shape index (κ3) is 3.57. The topological polar surface area (TPSA) is 73.1 Å². The molecule has 1 amide bonds. The zero-order chi connectivity index (χ0) is 21.4. The number of thiophene rings is 1. The molecule has 30 heavy (non-hydrogen) atoms. The predicted octanol–water partition coefficient (Wildman–Crippen LogP) is 3.61. The van der Waals surface area contributed by atoms with Crippen molar-refractivity contribution in [3.05, 3.63) is 91.7 Å². The quantitative estimate of drug-likeness (QED) is 0.545. The number of aromatic nitrogens is 2. The van der Waals surface area contributed by atoms with E-state index < -0.39 is 23.0 Å². The van der Waals surface area contributed by atoms with Gasteiger partial charge in [0.2, 0.25) is 5.91 Å². The maximum Gasteiger partial charge on any atom is 0.336 e. The number of hydrogen-bond acceptors (Lipinski definition) is 4. The predicted molar refractivity (Wildman–Crippen MR) is 116 cm³/mol. The molecule has 4 aromatic rings. The number of anilines is 1. The summed E-state index contributed by atoms with van der Waals surface area (Å²) in [4.78, 5) is 38.7. The molecule has 2 aromatic heterocycles. The van der Waals surface area contributed by atoms with Crippen molar-refractivity contribution in [2.75, 3.05) is 5.32 Å². The third-order valence-corrected chi connectivity index (χ3v) is 5.66. The SMILES string of the molecule is Cc1cccc(-n2c(=O)c3sccc3n(CC(=O)Nc3ccc(C)c(F)c3)c2=O)c1. The molecule has 0 unspecified atom stereocenters. The number of nitrogens with zero attached hydrogens (tertiary/aromatic N) is 2. The van der Waals surface area contributed by atoms with E-state index in [4.69, 9.17) is 0 Å². The molecule has 0 aliphatic rings. The summed E-state index contributed by atoms with van der Waals surface area (Å²) in [6.07, 6.45) is 0. The Labute approximate surface area is 174 Å². The lowest BCUT2D eigenvalue weighted by Gasteiger charge is -2.13. The van der Waals surface area contributed by atoms with Crippen molar-refractivity contribution in [1.29, 1.82) is 0 Å². The van der Waals surface area contributed by atoms with Gasteiger partial charge in [0.05, 0.1) is 11.2 Å². The summed E-state index contributed by atoms with van der Waals surface area (Å²) in [5.74, 6) is -0.930. The number of aryl methyl sites for hydroxylation is 2. The van der Waals surface area contributed by atoms with Crippen molar-refractivity contribution in [3.8, 4) is 5.69 Å². The van der Waals surface area contributed by atoms with Gasteiger partial charge < -0.3 is 5.32 Å². The van der Waals surface area contributed by atoms with Crippen molar-refractivity contribution < 1.29 is 9.18 Å². The monoisotopic (exact) mass is 423 g/mol. The summed E-state index contributed by atoms with van der Waals surface area (Å²) in [6.45, 7) is 3.18. The highest BCUT2D eigenvalue weighted by molar-refractivity contribution is 7.17. The molecule has 2 heterocycles. The highest BCUT2D eigenvalue weighted by atomic mass is 32.1. The lowest BCUT2D eigenvalue weighted by atomic mass is 10.2.